The molecule has 1 amide bonds. The minimum atomic E-state index is 0.0157. The van der Waals surface area contributed by atoms with Gasteiger partial charge in [0.1, 0.15) is 0 Å². The van der Waals surface area contributed by atoms with E-state index in [-0.39, 0.29) is 11.9 Å². The standard InChI is InChI=1S/C17H20N4O/c22-17(20-15-6-2-1-3-7-15)13-21-10-9-19-12-16(21)14-5-4-8-18-11-14/h1-8,11,16,19H,9-10,12-13H2,(H,20,22). The Morgan fingerprint density at radius 1 is 1.27 bits per heavy atom. The van der Waals surface area contributed by atoms with Gasteiger partial charge in [0, 0.05) is 43.8 Å². The number of pyridine rings is 1. The number of rotatable bonds is 4. The highest BCUT2D eigenvalue weighted by atomic mass is 16.2. The maximum absolute atomic E-state index is 12.3. The third-order valence-electron chi connectivity index (χ3n) is 3.83. The molecule has 22 heavy (non-hydrogen) atoms. The summed E-state index contributed by atoms with van der Waals surface area (Å²) < 4.78 is 0. The van der Waals surface area contributed by atoms with E-state index in [0.29, 0.717) is 6.54 Å². The molecule has 2 heterocycles. The van der Waals surface area contributed by atoms with E-state index in [4.69, 9.17) is 0 Å². The van der Waals surface area contributed by atoms with Crippen molar-refractivity contribution in [2.45, 2.75) is 6.04 Å². The lowest BCUT2D eigenvalue weighted by molar-refractivity contribution is -0.118. The molecule has 1 aromatic carbocycles. The third-order valence-corrected chi connectivity index (χ3v) is 3.83. The van der Waals surface area contributed by atoms with Gasteiger partial charge in [0.25, 0.3) is 0 Å². The molecule has 2 N–H and O–H groups in total. The lowest BCUT2D eigenvalue weighted by Gasteiger charge is -2.35. The van der Waals surface area contributed by atoms with Crippen LogP contribution in [0.3, 0.4) is 0 Å². The average molecular weight is 296 g/mol. The molecule has 0 saturated carbocycles. The Balaban J connectivity index is 1.65. The second-order valence-electron chi connectivity index (χ2n) is 5.39. The molecule has 1 aromatic heterocycles. The molecule has 5 heteroatoms. The number of para-hydroxylation sites is 1. The molecular weight excluding hydrogens is 276 g/mol. The summed E-state index contributed by atoms with van der Waals surface area (Å²) in [4.78, 5) is 18.7. The van der Waals surface area contributed by atoms with Crippen molar-refractivity contribution in [2.75, 3.05) is 31.5 Å². The van der Waals surface area contributed by atoms with Crippen molar-refractivity contribution in [2.24, 2.45) is 0 Å². The number of carbonyl (C=O) groups excluding carboxylic acids is 1. The van der Waals surface area contributed by atoms with Crippen molar-refractivity contribution in [3.05, 3.63) is 60.4 Å². The summed E-state index contributed by atoms with van der Waals surface area (Å²) in [5.41, 5.74) is 1.97. The van der Waals surface area contributed by atoms with E-state index in [2.05, 4.69) is 26.6 Å². The molecule has 114 valence electrons. The van der Waals surface area contributed by atoms with Crippen LogP contribution in [0.25, 0.3) is 0 Å². The SMILES string of the molecule is O=C(CN1CCNCC1c1cccnc1)Nc1ccccc1. The quantitative estimate of drug-likeness (QED) is 0.901. The van der Waals surface area contributed by atoms with Crippen LogP contribution < -0.4 is 10.6 Å². The first-order chi connectivity index (χ1) is 10.8. The van der Waals surface area contributed by atoms with Gasteiger partial charge in [0.15, 0.2) is 0 Å². The number of hydrogen-bond donors (Lipinski definition) is 2. The normalized spacial score (nSPS) is 18.8. The van der Waals surface area contributed by atoms with Gasteiger partial charge in [-0.1, -0.05) is 24.3 Å². The van der Waals surface area contributed by atoms with Gasteiger partial charge in [-0.15, -0.1) is 0 Å². The molecule has 2 aromatic rings. The number of nitrogens with zero attached hydrogens (tertiary/aromatic N) is 2. The van der Waals surface area contributed by atoms with E-state index in [9.17, 15) is 4.79 Å². The molecule has 0 aliphatic carbocycles. The van der Waals surface area contributed by atoms with Gasteiger partial charge < -0.3 is 10.6 Å². The first kappa shape index (κ1) is 14.7. The van der Waals surface area contributed by atoms with E-state index in [0.717, 1.165) is 30.9 Å². The predicted octanol–water partition coefficient (Wildman–Crippen LogP) is 1.67. The number of piperazine rings is 1. The van der Waals surface area contributed by atoms with Crippen LogP contribution in [0.2, 0.25) is 0 Å². The Hall–Kier alpha value is -2.24. The highest BCUT2D eigenvalue weighted by Crippen LogP contribution is 2.21. The number of benzene rings is 1. The average Bonchev–Trinajstić information content (AvgIpc) is 2.57. The highest BCUT2D eigenvalue weighted by Gasteiger charge is 2.25. The molecule has 1 aliphatic rings. The molecular formula is C17H20N4O. The van der Waals surface area contributed by atoms with Crippen LogP contribution in [-0.2, 0) is 4.79 Å². The van der Waals surface area contributed by atoms with E-state index in [1.807, 2.05) is 42.6 Å². The largest absolute Gasteiger partial charge is 0.325 e. The minimum Gasteiger partial charge on any atom is -0.325 e. The molecule has 1 saturated heterocycles. The second kappa shape index (κ2) is 7.15. The lowest BCUT2D eigenvalue weighted by atomic mass is 10.1. The maximum Gasteiger partial charge on any atom is 0.238 e. The Labute approximate surface area is 130 Å². The van der Waals surface area contributed by atoms with Gasteiger partial charge in [-0.05, 0) is 23.8 Å². The highest BCUT2D eigenvalue weighted by molar-refractivity contribution is 5.92. The van der Waals surface area contributed by atoms with Crippen LogP contribution in [-0.4, -0.2) is 42.0 Å². The number of aromatic nitrogens is 1. The van der Waals surface area contributed by atoms with E-state index < -0.39 is 0 Å². The summed E-state index contributed by atoms with van der Waals surface area (Å²) in [5, 5.41) is 6.33. The molecule has 5 nitrogen and oxygen atoms in total. The molecule has 1 atom stereocenters. The number of amides is 1. The number of hydrogen-bond acceptors (Lipinski definition) is 4. The zero-order valence-corrected chi connectivity index (χ0v) is 12.4. The predicted molar refractivity (Wildman–Crippen MR) is 86.5 cm³/mol. The monoisotopic (exact) mass is 296 g/mol. The molecule has 0 spiro atoms. The number of anilines is 1. The summed E-state index contributed by atoms with van der Waals surface area (Å²) >= 11 is 0. The first-order valence-corrected chi connectivity index (χ1v) is 7.52. The van der Waals surface area contributed by atoms with Crippen molar-refractivity contribution in [1.82, 2.24) is 15.2 Å². The molecule has 1 aliphatic heterocycles. The Kier molecular flexibility index (Phi) is 4.78. The Morgan fingerprint density at radius 3 is 2.91 bits per heavy atom. The zero-order chi connectivity index (χ0) is 15.2. The fourth-order valence-electron chi connectivity index (χ4n) is 2.74. The maximum atomic E-state index is 12.3. The number of nitrogens with one attached hydrogen (secondary N) is 2. The lowest BCUT2D eigenvalue weighted by Crippen LogP contribution is -2.48. The van der Waals surface area contributed by atoms with Gasteiger partial charge >= 0.3 is 0 Å². The fraction of sp³-hybridized carbons (Fsp3) is 0.294. The summed E-state index contributed by atoms with van der Waals surface area (Å²) in [7, 11) is 0. The van der Waals surface area contributed by atoms with Crippen molar-refractivity contribution in [3.8, 4) is 0 Å². The van der Waals surface area contributed by atoms with Crippen molar-refractivity contribution < 1.29 is 4.79 Å². The van der Waals surface area contributed by atoms with Crippen molar-refractivity contribution in [3.63, 3.8) is 0 Å². The molecule has 1 unspecified atom stereocenters. The number of carbonyl (C=O) groups is 1. The second-order valence-corrected chi connectivity index (χ2v) is 5.39. The summed E-state index contributed by atoms with van der Waals surface area (Å²) in [6.07, 6.45) is 3.64. The smallest absolute Gasteiger partial charge is 0.238 e. The third kappa shape index (κ3) is 3.69. The summed E-state index contributed by atoms with van der Waals surface area (Å²) in [5.74, 6) is 0.0157. The van der Waals surface area contributed by atoms with Gasteiger partial charge in [-0.3, -0.25) is 14.7 Å². The molecule has 1 fully saturated rings. The van der Waals surface area contributed by atoms with Gasteiger partial charge in [0.05, 0.1) is 6.54 Å². The first-order valence-electron chi connectivity index (χ1n) is 7.52. The Bertz CT molecular complexity index is 603. The van der Waals surface area contributed by atoms with Gasteiger partial charge in [-0.2, -0.15) is 0 Å². The van der Waals surface area contributed by atoms with Crippen LogP contribution >= 0.6 is 0 Å². The van der Waals surface area contributed by atoms with Crippen LogP contribution in [0.15, 0.2) is 54.9 Å². The topological polar surface area (TPSA) is 57.3 Å². The van der Waals surface area contributed by atoms with E-state index in [1.54, 1.807) is 6.20 Å². The van der Waals surface area contributed by atoms with Crippen LogP contribution in [0, 0.1) is 0 Å². The van der Waals surface area contributed by atoms with E-state index >= 15 is 0 Å². The van der Waals surface area contributed by atoms with Crippen molar-refractivity contribution >= 4 is 11.6 Å². The fourth-order valence-corrected chi connectivity index (χ4v) is 2.74. The van der Waals surface area contributed by atoms with Crippen LogP contribution in [0.5, 0.6) is 0 Å². The van der Waals surface area contributed by atoms with Crippen LogP contribution in [0.4, 0.5) is 5.69 Å². The zero-order valence-electron chi connectivity index (χ0n) is 12.4. The Morgan fingerprint density at radius 2 is 2.14 bits per heavy atom. The molecule has 0 radical (unpaired) electrons. The minimum absolute atomic E-state index is 0.0157. The van der Waals surface area contributed by atoms with Crippen molar-refractivity contribution in [1.29, 1.82) is 0 Å². The summed E-state index contributed by atoms with van der Waals surface area (Å²) in [6, 6.07) is 13.7. The summed E-state index contributed by atoms with van der Waals surface area (Å²) in [6.45, 7) is 2.97. The molecule has 0 bridgehead atoms. The van der Waals surface area contributed by atoms with E-state index in [1.165, 1.54) is 0 Å². The van der Waals surface area contributed by atoms with Crippen LogP contribution in [0.1, 0.15) is 11.6 Å². The van der Waals surface area contributed by atoms with Gasteiger partial charge in [-0.25, -0.2) is 0 Å². The molecule has 3 rings (SSSR count). The van der Waals surface area contributed by atoms with Gasteiger partial charge in [0.2, 0.25) is 5.91 Å².